The number of nitrogens with one attached hydrogen (secondary N) is 1. The topological polar surface area (TPSA) is 64.6 Å². The van der Waals surface area contributed by atoms with E-state index in [-0.39, 0.29) is 11.6 Å². The molecule has 0 aromatic heterocycles. The lowest BCUT2D eigenvalue weighted by Crippen LogP contribution is -2.42. The van der Waals surface area contributed by atoms with Crippen molar-refractivity contribution in [3.05, 3.63) is 34.6 Å². The number of ether oxygens (including phenoxy) is 2. The van der Waals surface area contributed by atoms with E-state index in [1.807, 2.05) is 0 Å². The van der Waals surface area contributed by atoms with Crippen LogP contribution in [0.2, 0.25) is 0 Å². The maximum Gasteiger partial charge on any atom is 0.407 e. The smallest absolute Gasteiger partial charge is 0.407 e. The second-order valence-electron chi connectivity index (χ2n) is 6.68. The van der Waals surface area contributed by atoms with E-state index in [1.165, 1.54) is 19.2 Å². The van der Waals surface area contributed by atoms with Crippen LogP contribution in [0.25, 0.3) is 0 Å². The zero-order valence-corrected chi connectivity index (χ0v) is 13.9. The van der Waals surface area contributed by atoms with Gasteiger partial charge in [0.05, 0.1) is 12.7 Å². The van der Waals surface area contributed by atoms with Crippen molar-refractivity contribution >= 4 is 12.1 Å². The summed E-state index contributed by atoms with van der Waals surface area (Å²) in [6.07, 6.45) is 1.39. The van der Waals surface area contributed by atoms with Crippen molar-refractivity contribution in [3.63, 3.8) is 0 Å². The van der Waals surface area contributed by atoms with Crippen LogP contribution in [0.3, 0.4) is 0 Å². The molecule has 6 heteroatoms. The minimum atomic E-state index is -0.701. The van der Waals surface area contributed by atoms with Crippen LogP contribution in [0.4, 0.5) is 9.18 Å². The Hall–Kier alpha value is -2.11. The molecule has 0 fully saturated rings. The lowest BCUT2D eigenvalue weighted by atomic mass is 9.87. The lowest BCUT2D eigenvalue weighted by Gasteiger charge is -2.27. The molecule has 0 saturated carbocycles. The number of carbonyl (C=O) groups is 2. The molecule has 1 aliphatic carbocycles. The monoisotopic (exact) mass is 323 g/mol. The first-order valence-corrected chi connectivity index (χ1v) is 7.58. The Kier molecular flexibility index (Phi) is 4.92. The number of methoxy groups -OCH3 is 1. The molecule has 0 unspecified atom stereocenters. The van der Waals surface area contributed by atoms with Gasteiger partial charge in [0.15, 0.2) is 0 Å². The summed E-state index contributed by atoms with van der Waals surface area (Å²) in [6, 6.07) is 2.79. The third-order valence-corrected chi connectivity index (χ3v) is 3.64. The minimum Gasteiger partial charge on any atom is -0.465 e. The van der Waals surface area contributed by atoms with E-state index in [9.17, 15) is 14.0 Å². The van der Waals surface area contributed by atoms with Crippen molar-refractivity contribution in [2.75, 3.05) is 7.11 Å². The van der Waals surface area contributed by atoms with Crippen LogP contribution in [0.1, 0.15) is 48.7 Å². The maximum absolute atomic E-state index is 13.9. The van der Waals surface area contributed by atoms with Gasteiger partial charge in [0.1, 0.15) is 11.4 Å². The van der Waals surface area contributed by atoms with Crippen LogP contribution >= 0.6 is 0 Å². The Balaban J connectivity index is 2.11. The fourth-order valence-corrected chi connectivity index (χ4v) is 2.64. The van der Waals surface area contributed by atoms with Crippen LogP contribution in [0.5, 0.6) is 0 Å². The molecule has 23 heavy (non-hydrogen) atoms. The van der Waals surface area contributed by atoms with Crippen LogP contribution in [-0.4, -0.2) is 30.8 Å². The van der Waals surface area contributed by atoms with E-state index in [0.29, 0.717) is 19.3 Å². The third kappa shape index (κ3) is 4.43. The zero-order chi connectivity index (χ0) is 17.2. The summed E-state index contributed by atoms with van der Waals surface area (Å²) in [5.41, 5.74) is 1.07. The highest BCUT2D eigenvalue weighted by atomic mass is 19.1. The summed E-state index contributed by atoms with van der Waals surface area (Å²) in [7, 11) is 1.22. The minimum absolute atomic E-state index is 0.0795. The highest BCUT2D eigenvalue weighted by Crippen LogP contribution is 2.25. The Morgan fingerprint density at radius 1 is 1.26 bits per heavy atom. The van der Waals surface area contributed by atoms with Crippen molar-refractivity contribution < 1.29 is 23.5 Å². The molecule has 1 amide bonds. The lowest BCUT2D eigenvalue weighted by molar-refractivity contribution is 0.0498. The third-order valence-electron chi connectivity index (χ3n) is 3.64. The Labute approximate surface area is 135 Å². The quantitative estimate of drug-likeness (QED) is 0.850. The van der Waals surface area contributed by atoms with E-state index in [4.69, 9.17) is 4.74 Å². The van der Waals surface area contributed by atoms with Gasteiger partial charge >= 0.3 is 12.1 Å². The van der Waals surface area contributed by atoms with Crippen LogP contribution in [-0.2, 0) is 22.3 Å². The zero-order valence-electron chi connectivity index (χ0n) is 13.9. The normalized spacial score (nSPS) is 17.2. The van der Waals surface area contributed by atoms with Gasteiger partial charge in [-0.25, -0.2) is 14.0 Å². The molecule has 0 spiro atoms. The molecule has 1 aliphatic rings. The van der Waals surface area contributed by atoms with Crippen molar-refractivity contribution in [2.45, 2.75) is 51.7 Å². The molecule has 0 radical (unpaired) electrons. The Morgan fingerprint density at radius 2 is 1.96 bits per heavy atom. The molecule has 1 atom stereocenters. The molecule has 126 valence electrons. The van der Waals surface area contributed by atoms with Crippen molar-refractivity contribution in [2.24, 2.45) is 0 Å². The SMILES string of the molecule is COC(=O)c1cc2c(cc1F)CC[C@@H](NC(=O)OC(C)(C)C)C2. The number of aryl methyl sites for hydroxylation is 1. The first-order chi connectivity index (χ1) is 10.7. The molecule has 1 aromatic rings. The highest BCUT2D eigenvalue weighted by molar-refractivity contribution is 5.90. The summed E-state index contributed by atoms with van der Waals surface area (Å²) >= 11 is 0. The number of halogens is 1. The first-order valence-electron chi connectivity index (χ1n) is 7.58. The number of rotatable bonds is 2. The largest absolute Gasteiger partial charge is 0.465 e. The van der Waals surface area contributed by atoms with Crippen molar-refractivity contribution in [1.29, 1.82) is 0 Å². The second kappa shape index (κ2) is 6.56. The number of hydrogen-bond donors (Lipinski definition) is 1. The number of benzene rings is 1. The molecule has 1 N–H and O–H groups in total. The van der Waals surface area contributed by atoms with Gasteiger partial charge in [-0.15, -0.1) is 0 Å². The number of amides is 1. The van der Waals surface area contributed by atoms with Gasteiger partial charge in [0.2, 0.25) is 0 Å². The standard InChI is InChI=1S/C17H22FNO4/c1-17(2,3)23-16(21)19-12-6-5-10-9-14(18)13(15(20)22-4)8-11(10)7-12/h8-9,12H,5-7H2,1-4H3,(H,19,21)/t12-/m1/s1. The van der Waals surface area contributed by atoms with Gasteiger partial charge in [-0.3, -0.25) is 0 Å². The van der Waals surface area contributed by atoms with Gasteiger partial charge in [0.25, 0.3) is 0 Å². The van der Waals surface area contributed by atoms with E-state index in [0.717, 1.165) is 11.1 Å². The Bertz CT molecular complexity index is 622. The molecule has 0 bridgehead atoms. The molecular weight excluding hydrogens is 301 g/mol. The van der Waals surface area contributed by atoms with E-state index < -0.39 is 23.5 Å². The molecular formula is C17H22FNO4. The molecule has 1 aromatic carbocycles. The number of fused-ring (bicyclic) bond motifs is 1. The molecule has 0 aliphatic heterocycles. The second-order valence-corrected chi connectivity index (χ2v) is 6.68. The van der Waals surface area contributed by atoms with Crippen molar-refractivity contribution in [3.8, 4) is 0 Å². The number of carbonyl (C=O) groups excluding carboxylic acids is 2. The van der Waals surface area contributed by atoms with E-state index in [2.05, 4.69) is 10.1 Å². The number of esters is 1. The average Bonchev–Trinajstić information content (AvgIpc) is 2.44. The number of alkyl carbamates (subject to hydrolysis) is 1. The predicted molar refractivity (Wildman–Crippen MR) is 82.9 cm³/mol. The molecule has 5 nitrogen and oxygen atoms in total. The van der Waals surface area contributed by atoms with Crippen LogP contribution in [0.15, 0.2) is 12.1 Å². The number of hydrogen-bond acceptors (Lipinski definition) is 4. The summed E-state index contributed by atoms with van der Waals surface area (Å²) in [6.45, 7) is 5.40. The first kappa shape index (κ1) is 17.2. The van der Waals surface area contributed by atoms with Gasteiger partial charge in [-0.05, 0) is 63.3 Å². The van der Waals surface area contributed by atoms with Gasteiger partial charge in [-0.1, -0.05) is 0 Å². The van der Waals surface area contributed by atoms with Crippen LogP contribution < -0.4 is 5.32 Å². The van der Waals surface area contributed by atoms with Crippen LogP contribution in [0, 0.1) is 5.82 Å². The molecule has 0 saturated heterocycles. The van der Waals surface area contributed by atoms with Gasteiger partial charge < -0.3 is 14.8 Å². The summed E-state index contributed by atoms with van der Waals surface area (Å²) in [4.78, 5) is 23.4. The summed E-state index contributed by atoms with van der Waals surface area (Å²) in [5, 5.41) is 2.82. The predicted octanol–water partition coefficient (Wildman–Crippen LogP) is 2.99. The maximum atomic E-state index is 13.9. The fourth-order valence-electron chi connectivity index (χ4n) is 2.64. The Morgan fingerprint density at radius 3 is 2.57 bits per heavy atom. The van der Waals surface area contributed by atoms with Gasteiger partial charge in [-0.2, -0.15) is 0 Å². The molecule has 2 rings (SSSR count). The van der Waals surface area contributed by atoms with Crippen molar-refractivity contribution in [1.82, 2.24) is 5.32 Å². The van der Waals surface area contributed by atoms with E-state index >= 15 is 0 Å². The summed E-state index contributed by atoms with van der Waals surface area (Å²) in [5.74, 6) is -1.28. The molecule has 0 heterocycles. The average molecular weight is 323 g/mol. The van der Waals surface area contributed by atoms with Gasteiger partial charge in [0, 0.05) is 6.04 Å². The highest BCUT2D eigenvalue weighted by Gasteiger charge is 2.25. The fraction of sp³-hybridized carbons (Fsp3) is 0.529. The van der Waals surface area contributed by atoms with E-state index in [1.54, 1.807) is 20.8 Å². The summed E-state index contributed by atoms with van der Waals surface area (Å²) < 4.78 is 23.7.